The molecule has 1 aromatic rings. The molecule has 1 heterocycles. The number of nitrogens with zero attached hydrogens (tertiary/aromatic N) is 1. The van der Waals surface area contributed by atoms with E-state index in [0.29, 0.717) is 11.3 Å². The summed E-state index contributed by atoms with van der Waals surface area (Å²) in [4.78, 5) is 22.8. The number of carbonyl (C=O) groups is 1. The van der Waals surface area contributed by atoms with Crippen LogP contribution < -0.4 is 10.9 Å². The monoisotopic (exact) mass is 212 g/mol. The van der Waals surface area contributed by atoms with Gasteiger partial charge in [0.25, 0.3) is 5.56 Å². The first-order chi connectivity index (χ1) is 6.93. The van der Waals surface area contributed by atoms with E-state index in [1.807, 2.05) is 0 Å². The average molecular weight is 212 g/mol. The molecular formula is C10H16N2O3. The summed E-state index contributed by atoms with van der Waals surface area (Å²) < 4.78 is 6.25. The van der Waals surface area contributed by atoms with Crippen molar-refractivity contribution in [2.75, 3.05) is 0 Å². The smallest absolute Gasteiger partial charge is 0.287 e. The third kappa shape index (κ3) is 2.49. The predicted octanol–water partition coefficient (Wildman–Crippen LogP) is 0.559. The van der Waals surface area contributed by atoms with Gasteiger partial charge in [-0.1, -0.05) is 13.8 Å². The fourth-order valence-corrected chi connectivity index (χ4v) is 1.22. The summed E-state index contributed by atoms with van der Waals surface area (Å²) in [7, 11) is 1.54. The Morgan fingerprint density at radius 3 is 2.53 bits per heavy atom. The van der Waals surface area contributed by atoms with Gasteiger partial charge >= 0.3 is 0 Å². The fourth-order valence-electron chi connectivity index (χ4n) is 1.22. The van der Waals surface area contributed by atoms with Crippen LogP contribution in [0.15, 0.2) is 9.32 Å². The van der Waals surface area contributed by atoms with Crippen LogP contribution in [0.25, 0.3) is 0 Å². The van der Waals surface area contributed by atoms with Crippen LogP contribution in [0.3, 0.4) is 0 Å². The molecule has 0 saturated carbocycles. The second-order valence-electron chi connectivity index (χ2n) is 3.80. The van der Waals surface area contributed by atoms with Gasteiger partial charge in [-0.25, -0.2) is 0 Å². The highest BCUT2D eigenvalue weighted by atomic mass is 16.5. The summed E-state index contributed by atoms with van der Waals surface area (Å²) in [5, 5.41) is 2.68. The topological polar surface area (TPSA) is 64.2 Å². The minimum absolute atomic E-state index is 0.0716. The van der Waals surface area contributed by atoms with E-state index in [0.717, 1.165) is 4.74 Å². The lowest BCUT2D eigenvalue weighted by molar-refractivity contribution is -0.124. The lowest BCUT2D eigenvalue weighted by Crippen LogP contribution is -2.29. The van der Waals surface area contributed by atoms with Crippen LogP contribution in [-0.2, 0) is 18.4 Å². The molecule has 1 aromatic heterocycles. The SMILES string of the molecule is Cc1on(C)c(=O)c1CNC(=O)C(C)C. The summed E-state index contributed by atoms with van der Waals surface area (Å²) in [6.45, 7) is 5.54. The van der Waals surface area contributed by atoms with E-state index in [9.17, 15) is 9.59 Å². The highest BCUT2D eigenvalue weighted by Crippen LogP contribution is 2.02. The van der Waals surface area contributed by atoms with Crippen molar-refractivity contribution in [3.63, 3.8) is 0 Å². The maximum Gasteiger partial charge on any atom is 0.287 e. The van der Waals surface area contributed by atoms with Gasteiger partial charge in [0.15, 0.2) is 0 Å². The van der Waals surface area contributed by atoms with Crippen LogP contribution in [-0.4, -0.2) is 10.6 Å². The molecular weight excluding hydrogens is 196 g/mol. The number of hydrogen-bond donors (Lipinski definition) is 1. The molecule has 1 amide bonds. The van der Waals surface area contributed by atoms with E-state index in [-0.39, 0.29) is 23.9 Å². The molecule has 84 valence electrons. The van der Waals surface area contributed by atoms with E-state index in [4.69, 9.17) is 4.52 Å². The van der Waals surface area contributed by atoms with Crippen LogP contribution in [0.5, 0.6) is 0 Å². The lowest BCUT2D eigenvalue weighted by Gasteiger charge is -2.05. The van der Waals surface area contributed by atoms with Crippen molar-refractivity contribution in [1.29, 1.82) is 0 Å². The number of amides is 1. The summed E-state index contributed by atoms with van der Waals surface area (Å²) in [5.41, 5.74) is 0.308. The first-order valence-corrected chi connectivity index (χ1v) is 4.87. The number of aromatic nitrogens is 1. The van der Waals surface area contributed by atoms with Gasteiger partial charge in [-0.05, 0) is 6.92 Å². The van der Waals surface area contributed by atoms with Gasteiger partial charge in [-0.3, -0.25) is 9.59 Å². The molecule has 0 aliphatic rings. The zero-order valence-corrected chi connectivity index (χ0v) is 9.46. The molecule has 5 nitrogen and oxygen atoms in total. The van der Waals surface area contributed by atoms with Crippen LogP contribution in [0.4, 0.5) is 0 Å². The van der Waals surface area contributed by atoms with Gasteiger partial charge in [0.05, 0.1) is 12.1 Å². The van der Waals surface area contributed by atoms with Gasteiger partial charge in [0.2, 0.25) is 5.91 Å². The van der Waals surface area contributed by atoms with E-state index in [1.165, 1.54) is 0 Å². The Bertz CT molecular complexity index is 415. The molecule has 0 saturated heterocycles. The van der Waals surface area contributed by atoms with Crippen LogP contribution in [0.1, 0.15) is 25.2 Å². The van der Waals surface area contributed by atoms with Gasteiger partial charge in [0.1, 0.15) is 5.76 Å². The van der Waals surface area contributed by atoms with Crippen molar-refractivity contribution in [1.82, 2.24) is 10.1 Å². The Morgan fingerprint density at radius 2 is 2.13 bits per heavy atom. The third-order valence-electron chi connectivity index (χ3n) is 2.21. The Balaban J connectivity index is 2.74. The zero-order chi connectivity index (χ0) is 11.6. The molecule has 5 heteroatoms. The van der Waals surface area contributed by atoms with Crippen LogP contribution >= 0.6 is 0 Å². The summed E-state index contributed by atoms with van der Waals surface area (Å²) in [6, 6.07) is 0. The first kappa shape index (κ1) is 11.6. The molecule has 0 fully saturated rings. The number of hydrogen-bond acceptors (Lipinski definition) is 3. The maximum absolute atomic E-state index is 11.5. The van der Waals surface area contributed by atoms with Crippen LogP contribution in [0, 0.1) is 12.8 Å². The fraction of sp³-hybridized carbons (Fsp3) is 0.600. The number of aryl methyl sites for hydroxylation is 2. The van der Waals surface area contributed by atoms with E-state index >= 15 is 0 Å². The first-order valence-electron chi connectivity index (χ1n) is 4.87. The minimum atomic E-state index is -0.198. The van der Waals surface area contributed by atoms with Gasteiger partial charge in [0, 0.05) is 13.0 Å². The highest BCUT2D eigenvalue weighted by Gasteiger charge is 2.13. The Morgan fingerprint density at radius 1 is 1.53 bits per heavy atom. The van der Waals surface area contributed by atoms with Crippen molar-refractivity contribution in [3.05, 3.63) is 21.7 Å². The molecule has 0 aromatic carbocycles. The molecule has 1 N–H and O–H groups in total. The molecule has 0 spiro atoms. The average Bonchev–Trinajstić information content (AvgIpc) is 2.38. The Kier molecular flexibility index (Phi) is 3.34. The van der Waals surface area contributed by atoms with Gasteiger partial charge in [-0.2, -0.15) is 4.74 Å². The van der Waals surface area contributed by atoms with Gasteiger partial charge < -0.3 is 9.84 Å². The molecule has 0 aliphatic carbocycles. The molecule has 0 radical (unpaired) electrons. The quantitative estimate of drug-likeness (QED) is 0.796. The van der Waals surface area contributed by atoms with E-state index in [1.54, 1.807) is 27.8 Å². The van der Waals surface area contributed by atoms with Crippen molar-refractivity contribution < 1.29 is 9.32 Å². The standard InChI is InChI=1S/C10H16N2O3/c1-6(2)9(13)11-5-8-7(3)15-12(4)10(8)14/h6H,5H2,1-4H3,(H,11,13). The second kappa shape index (κ2) is 4.33. The van der Waals surface area contributed by atoms with Crippen molar-refractivity contribution in [2.24, 2.45) is 13.0 Å². The van der Waals surface area contributed by atoms with E-state index in [2.05, 4.69) is 5.32 Å². The lowest BCUT2D eigenvalue weighted by atomic mass is 10.2. The van der Waals surface area contributed by atoms with Crippen molar-refractivity contribution in [2.45, 2.75) is 27.3 Å². The molecule has 0 aliphatic heterocycles. The molecule has 0 atom stereocenters. The van der Waals surface area contributed by atoms with Crippen molar-refractivity contribution in [3.8, 4) is 0 Å². The molecule has 0 unspecified atom stereocenters. The largest absolute Gasteiger partial charge is 0.381 e. The number of rotatable bonds is 3. The Labute approximate surface area is 88.0 Å². The normalized spacial score (nSPS) is 10.7. The highest BCUT2D eigenvalue weighted by molar-refractivity contribution is 5.77. The predicted molar refractivity (Wildman–Crippen MR) is 55.4 cm³/mol. The van der Waals surface area contributed by atoms with Crippen LogP contribution in [0.2, 0.25) is 0 Å². The second-order valence-corrected chi connectivity index (χ2v) is 3.80. The summed E-state index contributed by atoms with van der Waals surface area (Å²) in [6.07, 6.45) is 0. The number of nitrogens with one attached hydrogen (secondary N) is 1. The van der Waals surface area contributed by atoms with E-state index < -0.39 is 0 Å². The zero-order valence-electron chi connectivity index (χ0n) is 9.46. The van der Waals surface area contributed by atoms with Gasteiger partial charge in [-0.15, -0.1) is 0 Å². The third-order valence-corrected chi connectivity index (χ3v) is 2.21. The summed E-state index contributed by atoms with van der Waals surface area (Å²) >= 11 is 0. The molecule has 15 heavy (non-hydrogen) atoms. The Hall–Kier alpha value is -1.52. The van der Waals surface area contributed by atoms with Crippen molar-refractivity contribution >= 4 is 5.91 Å². The summed E-state index contributed by atoms with van der Waals surface area (Å²) in [5.74, 6) is 0.394. The number of carbonyl (C=O) groups excluding carboxylic acids is 1. The maximum atomic E-state index is 11.5. The minimum Gasteiger partial charge on any atom is -0.381 e. The molecule has 0 bridgehead atoms. The molecule has 1 rings (SSSR count).